The molecule has 1 aromatic heterocycles. The Morgan fingerprint density at radius 3 is 2.77 bits per heavy atom. The molecule has 22 heavy (non-hydrogen) atoms. The molecule has 0 aliphatic heterocycles. The van der Waals surface area contributed by atoms with Crippen LogP contribution in [0.4, 0.5) is 4.79 Å². The van der Waals surface area contributed by atoms with Crippen LogP contribution in [0.5, 0.6) is 0 Å². The molecule has 1 fully saturated rings. The van der Waals surface area contributed by atoms with E-state index in [0.717, 1.165) is 0 Å². The SMILES string of the molecule is COC(=O)N[C@@H](/C=C/c1ccco1)[C@]1(C(C)=O)CCCC1=O. The average Bonchev–Trinajstić information content (AvgIpc) is 3.13. The smallest absolute Gasteiger partial charge is 0.407 e. The van der Waals surface area contributed by atoms with Gasteiger partial charge in [0.1, 0.15) is 22.7 Å². The molecule has 1 N–H and O–H groups in total. The van der Waals surface area contributed by atoms with E-state index in [-0.39, 0.29) is 11.6 Å². The molecular weight excluding hydrogens is 286 g/mol. The zero-order valence-corrected chi connectivity index (χ0v) is 12.6. The summed E-state index contributed by atoms with van der Waals surface area (Å²) in [7, 11) is 1.24. The van der Waals surface area contributed by atoms with Crippen molar-refractivity contribution >= 4 is 23.7 Å². The summed E-state index contributed by atoms with van der Waals surface area (Å²) in [5.74, 6) is 0.173. The Morgan fingerprint density at radius 2 is 2.27 bits per heavy atom. The van der Waals surface area contributed by atoms with E-state index in [1.165, 1.54) is 20.3 Å². The molecule has 0 saturated heterocycles. The predicted octanol–water partition coefficient (Wildman–Crippen LogP) is 2.35. The van der Waals surface area contributed by atoms with E-state index >= 15 is 0 Å². The Labute approximate surface area is 128 Å². The highest BCUT2D eigenvalue weighted by molar-refractivity contribution is 6.08. The lowest BCUT2D eigenvalue weighted by atomic mass is 9.74. The van der Waals surface area contributed by atoms with Gasteiger partial charge in [0.15, 0.2) is 0 Å². The highest BCUT2D eigenvalue weighted by Crippen LogP contribution is 2.40. The van der Waals surface area contributed by atoms with Gasteiger partial charge >= 0.3 is 6.09 Å². The first kappa shape index (κ1) is 16.0. The van der Waals surface area contributed by atoms with Crippen molar-refractivity contribution in [3.05, 3.63) is 30.2 Å². The number of amides is 1. The van der Waals surface area contributed by atoms with Gasteiger partial charge in [0.05, 0.1) is 19.4 Å². The van der Waals surface area contributed by atoms with Gasteiger partial charge in [-0.15, -0.1) is 0 Å². The van der Waals surface area contributed by atoms with Gasteiger partial charge in [0.25, 0.3) is 0 Å². The number of furan rings is 1. The van der Waals surface area contributed by atoms with E-state index < -0.39 is 17.6 Å². The van der Waals surface area contributed by atoms with Gasteiger partial charge in [0.2, 0.25) is 0 Å². The molecule has 0 unspecified atom stereocenters. The Bertz CT molecular complexity index is 590. The fourth-order valence-electron chi connectivity index (χ4n) is 2.91. The first-order valence-electron chi connectivity index (χ1n) is 7.11. The Morgan fingerprint density at radius 1 is 1.50 bits per heavy atom. The quantitative estimate of drug-likeness (QED) is 0.844. The third-order valence-electron chi connectivity index (χ3n) is 4.09. The molecule has 0 aromatic carbocycles. The second-order valence-electron chi connectivity index (χ2n) is 5.29. The molecule has 1 aliphatic carbocycles. The van der Waals surface area contributed by atoms with Crippen LogP contribution in [0.2, 0.25) is 0 Å². The molecule has 1 amide bonds. The van der Waals surface area contributed by atoms with E-state index in [1.54, 1.807) is 24.3 Å². The second-order valence-corrected chi connectivity index (χ2v) is 5.29. The summed E-state index contributed by atoms with van der Waals surface area (Å²) in [6.45, 7) is 1.38. The van der Waals surface area contributed by atoms with Crippen LogP contribution in [0.3, 0.4) is 0 Å². The van der Waals surface area contributed by atoms with Crippen molar-refractivity contribution in [2.75, 3.05) is 7.11 Å². The van der Waals surface area contributed by atoms with Crippen LogP contribution >= 0.6 is 0 Å². The van der Waals surface area contributed by atoms with E-state index in [0.29, 0.717) is 25.0 Å². The minimum Gasteiger partial charge on any atom is -0.465 e. The lowest BCUT2D eigenvalue weighted by Gasteiger charge is -2.32. The van der Waals surface area contributed by atoms with Gasteiger partial charge in [-0.25, -0.2) is 4.79 Å². The van der Waals surface area contributed by atoms with Gasteiger partial charge < -0.3 is 14.5 Å². The third-order valence-corrected chi connectivity index (χ3v) is 4.09. The van der Waals surface area contributed by atoms with Crippen molar-refractivity contribution in [3.63, 3.8) is 0 Å². The van der Waals surface area contributed by atoms with Crippen molar-refractivity contribution in [2.24, 2.45) is 5.41 Å². The third kappa shape index (κ3) is 2.95. The Kier molecular flexibility index (Phi) is 4.80. The fourth-order valence-corrected chi connectivity index (χ4v) is 2.91. The second kappa shape index (κ2) is 6.60. The van der Waals surface area contributed by atoms with Gasteiger partial charge in [-0.05, 0) is 38.0 Å². The normalized spacial score (nSPS) is 22.7. The molecule has 1 heterocycles. The summed E-state index contributed by atoms with van der Waals surface area (Å²) in [5, 5.41) is 2.59. The number of carbonyl (C=O) groups excluding carboxylic acids is 3. The number of hydrogen-bond donors (Lipinski definition) is 1. The Balaban J connectivity index is 2.35. The molecule has 1 aliphatic rings. The van der Waals surface area contributed by atoms with Crippen molar-refractivity contribution in [2.45, 2.75) is 32.2 Å². The number of carbonyl (C=O) groups is 3. The van der Waals surface area contributed by atoms with E-state index in [2.05, 4.69) is 10.1 Å². The summed E-state index contributed by atoms with van der Waals surface area (Å²) in [6.07, 6.45) is 5.47. The first-order chi connectivity index (χ1) is 10.5. The van der Waals surface area contributed by atoms with Crippen molar-refractivity contribution in [3.8, 4) is 0 Å². The van der Waals surface area contributed by atoms with E-state index in [9.17, 15) is 14.4 Å². The molecule has 2 atom stereocenters. The van der Waals surface area contributed by atoms with Gasteiger partial charge in [-0.1, -0.05) is 6.08 Å². The lowest BCUT2D eigenvalue weighted by Crippen LogP contribution is -2.52. The number of alkyl carbamates (subject to hydrolysis) is 1. The zero-order valence-electron chi connectivity index (χ0n) is 12.6. The summed E-state index contributed by atoms with van der Waals surface area (Å²) in [6, 6.07) is 2.70. The number of hydrogen-bond acceptors (Lipinski definition) is 5. The van der Waals surface area contributed by atoms with Crippen molar-refractivity contribution in [1.29, 1.82) is 0 Å². The molecule has 0 radical (unpaired) electrons. The molecule has 6 nitrogen and oxygen atoms in total. The largest absolute Gasteiger partial charge is 0.465 e. The van der Waals surface area contributed by atoms with Crippen molar-refractivity contribution < 1.29 is 23.5 Å². The van der Waals surface area contributed by atoms with Gasteiger partial charge in [0, 0.05) is 6.42 Å². The van der Waals surface area contributed by atoms with Crippen molar-refractivity contribution in [1.82, 2.24) is 5.32 Å². The summed E-state index contributed by atoms with van der Waals surface area (Å²) in [5.41, 5.74) is -1.22. The number of ether oxygens (including phenoxy) is 1. The molecule has 0 bridgehead atoms. The number of rotatable bonds is 5. The highest BCUT2D eigenvalue weighted by Gasteiger charge is 2.51. The summed E-state index contributed by atoms with van der Waals surface area (Å²) in [4.78, 5) is 36.1. The monoisotopic (exact) mass is 305 g/mol. The number of nitrogens with one attached hydrogen (secondary N) is 1. The van der Waals surface area contributed by atoms with Crippen LogP contribution in [-0.4, -0.2) is 30.8 Å². The zero-order chi connectivity index (χ0) is 16.2. The standard InChI is InChI=1S/C16H19NO5/c1-11(18)16(9-3-6-14(16)19)13(17-15(20)21-2)8-7-12-5-4-10-22-12/h4-5,7-8,10,13H,3,6,9H2,1-2H3,(H,17,20)/b8-7+/t13-,16+/m0/s1. The maximum atomic E-state index is 12.3. The minimum absolute atomic E-state index is 0.148. The van der Waals surface area contributed by atoms with E-state index in [1.807, 2.05) is 0 Å². The van der Waals surface area contributed by atoms with Gasteiger partial charge in [-0.3, -0.25) is 9.59 Å². The predicted molar refractivity (Wildman–Crippen MR) is 79.0 cm³/mol. The van der Waals surface area contributed by atoms with Crippen LogP contribution in [0.1, 0.15) is 31.9 Å². The summed E-state index contributed by atoms with van der Waals surface area (Å²) >= 11 is 0. The average molecular weight is 305 g/mol. The van der Waals surface area contributed by atoms with Crippen LogP contribution in [0.25, 0.3) is 6.08 Å². The Hall–Kier alpha value is -2.37. The molecular formula is C16H19NO5. The minimum atomic E-state index is -1.22. The number of ketones is 2. The molecule has 1 aromatic rings. The highest BCUT2D eigenvalue weighted by atomic mass is 16.5. The first-order valence-corrected chi connectivity index (χ1v) is 7.11. The molecule has 0 spiro atoms. The molecule has 1 saturated carbocycles. The molecule has 6 heteroatoms. The number of methoxy groups -OCH3 is 1. The maximum Gasteiger partial charge on any atom is 0.407 e. The molecule has 2 rings (SSSR count). The van der Waals surface area contributed by atoms with Crippen LogP contribution in [0, 0.1) is 5.41 Å². The topological polar surface area (TPSA) is 85.6 Å². The van der Waals surface area contributed by atoms with Crippen LogP contribution < -0.4 is 5.32 Å². The van der Waals surface area contributed by atoms with Crippen LogP contribution in [-0.2, 0) is 14.3 Å². The maximum absolute atomic E-state index is 12.3. The summed E-state index contributed by atoms with van der Waals surface area (Å²) < 4.78 is 9.80. The molecule has 118 valence electrons. The van der Waals surface area contributed by atoms with Crippen LogP contribution in [0.15, 0.2) is 28.9 Å². The lowest BCUT2D eigenvalue weighted by molar-refractivity contribution is -0.138. The number of Topliss-reactive ketones (excluding diaryl/α,β-unsaturated/α-hetero) is 2. The fraction of sp³-hybridized carbons (Fsp3) is 0.438. The van der Waals surface area contributed by atoms with Gasteiger partial charge in [-0.2, -0.15) is 0 Å². The van der Waals surface area contributed by atoms with E-state index in [4.69, 9.17) is 4.42 Å².